The fraction of sp³-hybridized carbons (Fsp3) is 0.429. The number of rotatable bonds is 4. The highest BCUT2D eigenvalue weighted by molar-refractivity contribution is 5.69. The van der Waals surface area contributed by atoms with Gasteiger partial charge in [0.05, 0.1) is 0 Å². The molecule has 2 heteroatoms. The van der Waals surface area contributed by atoms with Crippen molar-refractivity contribution in [3.05, 3.63) is 54.1 Å². The van der Waals surface area contributed by atoms with E-state index < -0.39 is 6.17 Å². The van der Waals surface area contributed by atoms with Crippen molar-refractivity contribution in [1.82, 2.24) is 0 Å². The van der Waals surface area contributed by atoms with Crippen molar-refractivity contribution in [2.24, 2.45) is 11.8 Å². The Hall–Kier alpha value is -1.83. The minimum Gasteiger partial charge on any atom is -0.368 e. The summed E-state index contributed by atoms with van der Waals surface area (Å²) >= 11 is 0. The Morgan fingerprint density at radius 2 is 1.74 bits per heavy atom. The Kier molecular flexibility index (Phi) is 3.63. The van der Waals surface area contributed by atoms with Crippen LogP contribution in [0.5, 0.6) is 0 Å². The van der Waals surface area contributed by atoms with Gasteiger partial charge in [0, 0.05) is 18.3 Å². The number of hydrogen-bond donors (Lipinski definition) is 0. The van der Waals surface area contributed by atoms with Gasteiger partial charge in [-0.25, -0.2) is 4.39 Å². The molecule has 2 aromatic carbocycles. The third-order valence-corrected chi connectivity index (χ3v) is 5.59. The second-order valence-electron chi connectivity index (χ2n) is 7.09. The molecule has 0 aromatic heterocycles. The maximum absolute atomic E-state index is 14.0. The van der Waals surface area contributed by atoms with Crippen LogP contribution in [0.1, 0.15) is 25.3 Å². The van der Waals surface area contributed by atoms with Crippen LogP contribution in [0.25, 0.3) is 11.1 Å². The molecule has 120 valence electrons. The molecule has 4 atom stereocenters. The fourth-order valence-corrected chi connectivity index (χ4v) is 4.33. The van der Waals surface area contributed by atoms with Gasteiger partial charge in [-0.3, -0.25) is 0 Å². The summed E-state index contributed by atoms with van der Waals surface area (Å²) in [5.41, 5.74) is 5.00. The summed E-state index contributed by atoms with van der Waals surface area (Å²) in [6.07, 6.45) is 1.21. The number of nitrogens with zero attached hydrogens (tertiary/aromatic N) is 1. The number of hydrogen-bond acceptors (Lipinski definition) is 1. The number of anilines is 1. The predicted molar refractivity (Wildman–Crippen MR) is 94.5 cm³/mol. The zero-order valence-corrected chi connectivity index (χ0v) is 13.9. The van der Waals surface area contributed by atoms with Gasteiger partial charge in [-0.2, -0.15) is 0 Å². The number of fused-ring (bicyclic) bond motifs is 1. The van der Waals surface area contributed by atoms with E-state index in [2.05, 4.69) is 67.3 Å². The highest BCUT2D eigenvalue weighted by Gasteiger charge is 2.56. The van der Waals surface area contributed by atoms with Crippen LogP contribution in [-0.4, -0.2) is 18.8 Å². The molecule has 0 bridgehead atoms. The van der Waals surface area contributed by atoms with Gasteiger partial charge in [-0.05, 0) is 61.8 Å². The van der Waals surface area contributed by atoms with E-state index in [0.29, 0.717) is 24.3 Å². The first-order chi connectivity index (χ1) is 11.2. The average molecular weight is 309 g/mol. The Balaban J connectivity index is 1.65. The van der Waals surface area contributed by atoms with Gasteiger partial charge < -0.3 is 4.90 Å². The molecule has 4 unspecified atom stereocenters. The van der Waals surface area contributed by atoms with E-state index >= 15 is 0 Å². The van der Waals surface area contributed by atoms with Crippen molar-refractivity contribution in [2.45, 2.75) is 38.9 Å². The summed E-state index contributed by atoms with van der Waals surface area (Å²) < 4.78 is 14.0. The van der Waals surface area contributed by atoms with Gasteiger partial charge in [-0.1, -0.05) is 42.0 Å². The van der Waals surface area contributed by atoms with E-state index in [1.54, 1.807) is 0 Å². The molecule has 0 saturated heterocycles. The number of halogens is 1. The molecular formula is C21H24FN. The maximum Gasteiger partial charge on any atom is 0.105 e. The zero-order chi connectivity index (χ0) is 16.0. The second-order valence-corrected chi connectivity index (χ2v) is 7.09. The largest absolute Gasteiger partial charge is 0.368 e. The summed E-state index contributed by atoms with van der Waals surface area (Å²) in [5, 5.41) is 0. The van der Waals surface area contributed by atoms with Crippen LogP contribution in [0.4, 0.5) is 10.1 Å². The lowest BCUT2D eigenvalue weighted by Gasteiger charge is -2.31. The predicted octanol–water partition coefficient (Wildman–Crippen LogP) is 5.23. The zero-order valence-electron chi connectivity index (χ0n) is 13.9. The SMILES string of the molecule is CCN(c1cccc(-c2cccc(C)c2)c1)C1CC(F)C2CC21. The standard InChI is InChI=1S/C21H24FN/c1-3-23(21-13-20(22)18-12-19(18)21)17-9-5-8-16(11-17)15-7-4-6-14(2)10-15/h4-11,18-21H,3,12-13H2,1-2H3. The topological polar surface area (TPSA) is 3.24 Å². The summed E-state index contributed by atoms with van der Waals surface area (Å²) in [6, 6.07) is 17.7. The van der Waals surface area contributed by atoms with Crippen LogP contribution in [0.3, 0.4) is 0 Å². The number of alkyl halides is 1. The molecule has 23 heavy (non-hydrogen) atoms. The van der Waals surface area contributed by atoms with E-state index in [1.165, 1.54) is 22.4 Å². The summed E-state index contributed by atoms with van der Waals surface area (Å²) in [7, 11) is 0. The highest BCUT2D eigenvalue weighted by atomic mass is 19.1. The minimum atomic E-state index is -0.584. The molecule has 0 amide bonds. The van der Waals surface area contributed by atoms with Crippen LogP contribution >= 0.6 is 0 Å². The van der Waals surface area contributed by atoms with Crippen LogP contribution in [0, 0.1) is 18.8 Å². The molecule has 0 radical (unpaired) electrons. The maximum atomic E-state index is 14.0. The van der Waals surface area contributed by atoms with Crippen molar-refractivity contribution >= 4 is 5.69 Å². The first-order valence-corrected chi connectivity index (χ1v) is 8.75. The molecular weight excluding hydrogens is 285 g/mol. The molecule has 0 heterocycles. The van der Waals surface area contributed by atoms with Gasteiger partial charge in [0.25, 0.3) is 0 Å². The smallest absolute Gasteiger partial charge is 0.105 e. The molecule has 2 fully saturated rings. The summed E-state index contributed by atoms with van der Waals surface area (Å²) in [6.45, 7) is 5.25. The molecule has 4 rings (SSSR count). The number of benzene rings is 2. The molecule has 2 aliphatic rings. The van der Waals surface area contributed by atoms with Crippen LogP contribution in [0.2, 0.25) is 0 Å². The van der Waals surface area contributed by atoms with Crippen molar-refractivity contribution in [1.29, 1.82) is 0 Å². The van der Waals surface area contributed by atoms with Crippen molar-refractivity contribution in [2.75, 3.05) is 11.4 Å². The lowest BCUT2D eigenvalue weighted by Crippen LogP contribution is -2.36. The molecule has 0 N–H and O–H groups in total. The second kappa shape index (κ2) is 5.67. The quantitative estimate of drug-likeness (QED) is 0.747. The monoisotopic (exact) mass is 309 g/mol. The molecule has 2 aromatic rings. The van der Waals surface area contributed by atoms with Gasteiger partial charge >= 0.3 is 0 Å². The van der Waals surface area contributed by atoms with Gasteiger partial charge in [-0.15, -0.1) is 0 Å². The third-order valence-electron chi connectivity index (χ3n) is 5.59. The molecule has 0 aliphatic heterocycles. The van der Waals surface area contributed by atoms with Crippen LogP contribution in [0.15, 0.2) is 48.5 Å². The molecule has 0 spiro atoms. The normalized spacial score (nSPS) is 28.5. The molecule has 2 aliphatic carbocycles. The van der Waals surface area contributed by atoms with Gasteiger partial charge in [0.15, 0.2) is 0 Å². The first kappa shape index (κ1) is 14.7. The average Bonchev–Trinajstić information content (AvgIpc) is 3.29. The Bertz CT molecular complexity index is 710. The third kappa shape index (κ3) is 2.65. The van der Waals surface area contributed by atoms with E-state index in [9.17, 15) is 4.39 Å². The fourth-order valence-electron chi connectivity index (χ4n) is 4.33. The number of aryl methyl sites for hydroxylation is 1. The minimum absolute atomic E-state index is 0.342. The molecule has 2 saturated carbocycles. The summed E-state index contributed by atoms with van der Waals surface area (Å²) in [4.78, 5) is 2.42. The first-order valence-electron chi connectivity index (χ1n) is 8.75. The summed E-state index contributed by atoms with van der Waals surface area (Å²) in [5.74, 6) is 0.918. The van der Waals surface area contributed by atoms with Crippen LogP contribution < -0.4 is 4.90 Å². The highest BCUT2D eigenvalue weighted by Crippen LogP contribution is 2.55. The van der Waals surface area contributed by atoms with E-state index in [1.807, 2.05) is 0 Å². The Morgan fingerprint density at radius 3 is 2.35 bits per heavy atom. The lowest BCUT2D eigenvalue weighted by atomic mass is 10.0. The van der Waals surface area contributed by atoms with Crippen molar-refractivity contribution in [3.8, 4) is 11.1 Å². The Morgan fingerprint density at radius 1 is 1.00 bits per heavy atom. The van der Waals surface area contributed by atoms with Crippen molar-refractivity contribution in [3.63, 3.8) is 0 Å². The molecule has 1 nitrogen and oxygen atoms in total. The van der Waals surface area contributed by atoms with Gasteiger partial charge in [0.1, 0.15) is 6.17 Å². The Labute approximate surface area is 138 Å². The van der Waals surface area contributed by atoms with Gasteiger partial charge in [0.2, 0.25) is 0 Å². The van der Waals surface area contributed by atoms with E-state index in [4.69, 9.17) is 0 Å². The van der Waals surface area contributed by atoms with Crippen LogP contribution in [-0.2, 0) is 0 Å². The van der Waals surface area contributed by atoms with Crippen molar-refractivity contribution < 1.29 is 4.39 Å². The van der Waals surface area contributed by atoms with E-state index in [0.717, 1.165) is 13.0 Å². The lowest BCUT2D eigenvalue weighted by molar-refractivity contribution is 0.300. The van der Waals surface area contributed by atoms with E-state index in [-0.39, 0.29) is 0 Å².